The number of guanidine groups is 1. The van der Waals surface area contributed by atoms with Crippen LogP contribution in [0.15, 0.2) is 65.7 Å². The van der Waals surface area contributed by atoms with Gasteiger partial charge in [-0.05, 0) is 43.9 Å². The molecular weight excluding hydrogens is 513 g/mol. The number of carbonyl (C=O) groups excluding carboxylic acids is 1. The van der Waals surface area contributed by atoms with E-state index in [1.54, 1.807) is 0 Å². The normalized spacial score (nSPS) is 15.0. The molecule has 1 heterocycles. The molecule has 1 fully saturated rings. The Labute approximate surface area is 209 Å². The molecule has 1 aliphatic heterocycles. The van der Waals surface area contributed by atoms with Gasteiger partial charge in [-0.3, -0.25) is 14.7 Å². The maximum atomic E-state index is 12.1. The van der Waals surface area contributed by atoms with Gasteiger partial charge in [0, 0.05) is 50.9 Å². The van der Waals surface area contributed by atoms with Crippen molar-refractivity contribution in [1.29, 1.82) is 0 Å². The molecule has 3 rings (SSSR count). The minimum absolute atomic E-state index is 0. The summed E-state index contributed by atoms with van der Waals surface area (Å²) in [6, 6.07) is 20.4. The van der Waals surface area contributed by atoms with E-state index in [9.17, 15) is 4.79 Å². The summed E-state index contributed by atoms with van der Waals surface area (Å²) >= 11 is 0. The number of halogens is 1. The number of rotatable bonds is 9. The Balaban J connectivity index is 0.00000363. The Kier molecular flexibility index (Phi) is 12.1. The van der Waals surface area contributed by atoms with Gasteiger partial charge in [0.25, 0.3) is 5.91 Å². The number of amides is 1. The van der Waals surface area contributed by atoms with Crippen LogP contribution < -0.4 is 16.0 Å². The first kappa shape index (κ1) is 26.1. The summed E-state index contributed by atoms with van der Waals surface area (Å²) in [6.45, 7) is 7.43. The molecule has 0 radical (unpaired) electrons. The Bertz CT molecular complexity index is 808. The number of hydrogen-bond acceptors (Lipinski definition) is 3. The van der Waals surface area contributed by atoms with Gasteiger partial charge < -0.3 is 16.0 Å². The predicted octanol–water partition coefficient (Wildman–Crippen LogP) is 3.64. The molecule has 2 aromatic rings. The van der Waals surface area contributed by atoms with Gasteiger partial charge in [0.1, 0.15) is 0 Å². The van der Waals surface area contributed by atoms with Crippen LogP contribution >= 0.6 is 24.0 Å². The smallest absolute Gasteiger partial charge is 0.251 e. The molecule has 0 bridgehead atoms. The maximum absolute atomic E-state index is 12.1. The molecular formula is C25H36IN5O. The Morgan fingerprint density at radius 3 is 2.31 bits per heavy atom. The Morgan fingerprint density at radius 1 is 1.00 bits per heavy atom. The first-order valence-corrected chi connectivity index (χ1v) is 11.4. The number of benzene rings is 2. The van der Waals surface area contributed by atoms with Gasteiger partial charge in [-0.2, -0.15) is 0 Å². The quantitative estimate of drug-likeness (QED) is 0.194. The summed E-state index contributed by atoms with van der Waals surface area (Å²) in [5, 5.41) is 9.89. The zero-order valence-corrected chi connectivity index (χ0v) is 21.3. The molecule has 174 valence electrons. The first-order chi connectivity index (χ1) is 15.2. The first-order valence-electron chi connectivity index (χ1n) is 11.4. The molecule has 1 saturated heterocycles. The molecule has 6 nitrogen and oxygen atoms in total. The summed E-state index contributed by atoms with van der Waals surface area (Å²) < 4.78 is 0. The molecule has 2 aromatic carbocycles. The number of nitrogens with one attached hydrogen (secondary N) is 3. The van der Waals surface area contributed by atoms with E-state index in [1.165, 1.54) is 5.56 Å². The molecule has 0 saturated carbocycles. The third-order valence-electron chi connectivity index (χ3n) is 5.45. The molecule has 0 unspecified atom stereocenters. The van der Waals surface area contributed by atoms with Gasteiger partial charge in [0.2, 0.25) is 0 Å². The topological polar surface area (TPSA) is 68.8 Å². The van der Waals surface area contributed by atoms with Gasteiger partial charge in [-0.25, -0.2) is 0 Å². The van der Waals surface area contributed by atoms with Crippen LogP contribution in [-0.4, -0.2) is 55.5 Å². The van der Waals surface area contributed by atoms with Gasteiger partial charge in [0.15, 0.2) is 5.96 Å². The third-order valence-corrected chi connectivity index (χ3v) is 5.45. The molecule has 0 atom stereocenters. The molecule has 1 aliphatic rings. The van der Waals surface area contributed by atoms with Crippen LogP contribution in [0.3, 0.4) is 0 Å². The Morgan fingerprint density at radius 2 is 1.66 bits per heavy atom. The van der Waals surface area contributed by atoms with E-state index >= 15 is 0 Å². The Hall–Kier alpha value is -2.13. The minimum atomic E-state index is -0.0307. The largest absolute Gasteiger partial charge is 0.357 e. The van der Waals surface area contributed by atoms with E-state index in [-0.39, 0.29) is 29.9 Å². The fourth-order valence-electron chi connectivity index (χ4n) is 3.75. The third kappa shape index (κ3) is 9.16. The lowest BCUT2D eigenvalue weighted by atomic mass is 10.0. The summed E-state index contributed by atoms with van der Waals surface area (Å²) in [4.78, 5) is 19.3. The second-order valence-electron chi connectivity index (χ2n) is 7.92. The number of nitrogens with zero attached hydrogens (tertiary/aromatic N) is 2. The maximum Gasteiger partial charge on any atom is 0.251 e. The summed E-state index contributed by atoms with van der Waals surface area (Å²) in [5.41, 5.74) is 2.07. The number of hydrogen-bond donors (Lipinski definition) is 3. The van der Waals surface area contributed by atoms with Crippen molar-refractivity contribution in [3.63, 3.8) is 0 Å². The molecule has 0 aromatic heterocycles. The lowest BCUT2D eigenvalue weighted by Crippen LogP contribution is -2.48. The number of aliphatic imine (C=N–C) groups is 1. The molecule has 1 amide bonds. The van der Waals surface area contributed by atoms with Crippen LogP contribution in [0.2, 0.25) is 0 Å². The summed E-state index contributed by atoms with van der Waals surface area (Å²) in [5.74, 6) is 0.843. The molecule has 7 heteroatoms. The van der Waals surface area contributed by atoms with Crippen LogP contribution in [-0.2, 0) is 6.54 Å². The van der Waals surface area contributed by atoms with Crippen molar-refractivity contribution < 1.29 is 4.79 Å². The second kappa shape index (κ2) is 14.8. The predicted molar refractivity (Wildman–Crippen MR) is 143 cm³/mol. The van der Waals surface area contributed by atoms with Crippen molar-refractivity contribution in [3.8, 4) is 0 Å². The van der Waals surface area contributed by atoms with Crippen molar-refractivity contribution in [1.82, 2.24) is 20.9 Å². The highest BCUT2D eigenvalue weighted by atomic mass is 127. The van der Waals surface area contributed by atoms with Crippen molar-refractivity contribution in [3.05, 3.63) is 71.8 Å². The van der Waals surface area contributed by atoms with E-state index in [0.29, 0.717) is 24.7 Å². The van der Waals surface area contributed by atoms with Crippen molar-refractivity contribution in [2.75, 3.05) is 32.7 Å². The lowest BCUT2D eigenvalue weighted by molar-refractivity contribution is 0.0953. The lowest BCUT2D eigenvalue weighted by Gasteiger charge is -2.33. The minimum Gasteiger partial charge on any atom is -0.357 e. The SMILES string of the molecule is CCNC(=NCCCNC(=O)c1ccccc1)NC1CCN(Cc2ccccc2)CC1.I. The second-order valence-corrected chi connectivity index (χ2v) is 7.92. The van der Waals surface area contributed by atoms with E-state index in [2.05, 4.69) is 58.1 Å². The van der Waals surface area contributed by atoms with Crippen LogP contribution in [0.5, 0.6) is 0 Å². The van der Waals surface area contributed by atoms with Crippen LogP contribution in [0.25, 0.3) is 0 Å². The summed E-state index contributed by atoms with van der Waals surface area (Å²) in [7, 11) is 0. The van der Waals surface area contributed by atoms with Crippen LogP contribution in [0.1, 0.15) is 42.1 Å². The molecule has 32 heavy (non-hydrogen) atoms. The van der Waals surface area contributed by atoms with Gasteiger partial charge in [-0.1, -0.05) is 48.5 Å². The standard InChI is InChI=1S/C25H35N5O.HI/c1-2-26-25(28-17-9-16-27-24(31)22-12-7-4-8-13-22)29-23-14-18-30(19-15-23)20-21-10-5-3-6-11-21;/h3-8,10-13,23H,2,9,14-20H2,1H3,(H,27,31)(H2,26,28,29);1H. The highest BCUT2D eigenvalue weighted by Gasteiger charge is 2.20. The van der Waals surface area contributed by atoms with E-state index in [0.717, 1.165) is 51.4 Å². The van der Waals surface area contributed by atoms with Crippen molar-refractivity contribution >= 4 is 35.8 Å². The van der Waals surface area contributed by atoms with Crippen LogP contribution in [0.4, 0.5) is 0 Å². The molecule has 0 aliphatic carbocycles. The van der Waals surface area contributed by atoms with E-state index < -0.39 is 0 Å². The van der Waals surface area contributed by atoms with Gasteiger partial charge >= 0.3 is 0 Å². The number of likely N-dealkylation sites (tertiary alicyclic amines) is 1. The van der Waals surface area contributed by atoms with Crippen molar-refractivity contribution in [2.45, 2.75) is 38.8 Å². The van der Waals surface area contributed by atoms with Gasteiger partial charge in [0.05, 0.1) is 0 Å². The highest BCUT2D eigenvalue weighted by Crippen LogP contribution is 2.13. The molecule has 3 N–H and O–H groups in total. The fraction of sp³-hybridized carbons (Fsp3) is 0.440. The fourth-order valence-corrected chi connectivity index (χ4v) is 3.75. The number of carbonyl (C=O) groups is 1. The average Bonchev–Trinajstić information content (AvgIpc) is 2.81. The van der Waals surface area contributed by atoms with E-state index in [4.69, 9.17) is 4.99 Å². The zero-order chi connectivity index (χ0) is 21.7. The van der Waals surface area contributed by atoms with Gasteiger partial charge in [-0.15, -0.1) is 24.0 Å². The molecule has 0 spiro atoms. The highest BCUT2D eigenvalue weighted by molar-refractivity contribution is 14.0. The van der Waals surface area contributed by atoms with E-state index in [1.807, 2.05) is 30.3 Å². The zero-order valence-electron chi connectivity index (χ0n) is 18.9. The van der Waals surface area contributed by atoms with Crippen LogP contribution in [0, 0.1) is 0 Å². The van der Waals surface area contributed by atoms with Crippen molar-refractivity contribution in [2.24, 2.45) is 4.99 Å². The average molecular weight is 550 g/mol. The monoisotopic (exact) mass is 549 g/mol. The number of piperidine rings is 1. The summed E-state index contributed by atoms with van der Waals surface area (Å²) in [6.07, 6.45) is 3.04.